The number of hydrogen-bond acceptors (Lipinski definition) is 3. The van der Waals surface area contributed by atoms with E-state index in [0.29, 0.717) is 0 Å². The highest BCUT2D eigenvalue weighted by atomic mass is 28.4. The van der Waals surface area contributed by atoms with Crippen molar-refractivity contribution in [3.8, 4) is 0 Å². The van der Waals surface area contributed by atoms with E-state index in [2.05, 4.69) is 11.5 Å². The Labute approximate surface area is 69.2 Å². The summed E-state index contributed by atoms with van der Waals surface area (Å²) in [6, 6.07) is 1.09. The van der Waals surface area contributed by atoms with Crippen LogP contribution >= 0.6 is 0 Å². The molecular formula is C7H17NO2Si. The molecule has 1 unspecified atom stereocenters. The maximum absolute atomic E-state index is 9.21. The summed E-state index contributed by atoms with van der Waals surface area (Å²) < 4.78 is 7.79. The van der Waals surface area contributed by atoms with E-state index < -0.39 is 8.48 Å². The van der Waals surface area contributed by atoms with Gasteiger partial charge in [-0.1, -0.05) is 6.92 Å². The van der Waals surface area contributed by atoms with Crippen molar-refractivity contribution in [2.24, 2.45) is 0 Å². The highest BCUT2D eigenvalue weighted by Crippen LogP contribution is 2.25. The quantitative estimate of drug-likeness (QED) is 0.628. The lowest BCUT2D eigenvalue weighted by Crippen LogP contribution is -2.54. The SMILES string of the molecule is CCN1CCC[Si]1(CO)OC. The number of aliphatic hydroxyl groups is 1. The van der Waals surface area contributed by atoms with Crippen LogP contribution < -0.4 is 0 Å². The van der Waals surface area contributed by atoms with Crippen LogP contribution in [0.5, 0.6) is 0 Å². The molecule has 1 N–H and O–H groups in total. The van der Waals surface area contributed by atoms with Crippen molar-refractivity contribution in [3.63, 3.8) is 0 Å². The molecular weight excluding hydrogens is 158 g/mol. The molecule has 0 aromatic heterocycles. The molecule has 1 aliphatic rings. The largest absolute Gasteiger partial charge is 0.405 e. The molecule has 4 heteroatoms. The van der Waals surface area contributed by atoms with Gasteiger partial charge in [0.15, 0.2) is 0 Å². The molecule has 0 aromatic rings. The Hall–Kier alpha value is 0.0969. The van der Waals surface area contributed by atoms with Crippen molar-refractivity contribution in [2.45, 2.75) is 19.4 Å². The molecule has 0 aliphatic carbocycles. The van der Waals surface area contributed by atoms with Gasteiger partial charge in [-0.2, -0.15) is 0 Å². The zero-order valence-corrected chi connectivity index (χ0v) is 8.34. The van der Waals surface area contributed by atoms with Gasteiger partial charge in [0.25, 0.3) is 8.48 Å². The van der Waals surface area contributed by atoms with Gasteiger partial charge in [-0.15, -0.1) is 0 Å². The van der Waals surface area contributed by atoms with Crippen molar-refractivity contribution < 1.29 is 9.53 Å². The summed E-state index contributed by atoms with van der Waals surface area (Å²) >= 11 is 0. The van der Waals surface area contributed by atoms with E-state index in [9.17, 15) is 5.11 Å². The summed E-state index contributed by atoms with van der Waals surface area (Å²) in [5.41, 5.74) is 0. The van der Waals surface area contributed by atoms with Gasteiger partial charge in [-0.05, 0) is 25.6 Å². The lowest BCUT2D eigenvalue weighted by Gasteiger charge is -2.31. The summed E-state index contributed by atoms with van der Waals surface area (Å²) in [6.45, 7) is 4.25. The van der Waals surface area contributed by atoms with Crippen LogP contribution in [0.3, 0.4) is 0 Å². The van der Waals surface area contributed by atoms with Crippen LogP contribution in [-0.2, 0) is 4.43 Å². The van der Waals surface area contributed by atoms with Gasteiger partial charge in [-0.3, -0.25) is 0 Å². The zero-order valence-electron chi connectivity index (χ0n) is 7.34. The van der Waals surface area contributed by atoms with Gasteiger partial charge in [0.05, 0.1) is 6.23 Å². The Kier molecular flexibility index (Phi) is 3.06. The van der Waals surface area contributed by atoms with Gasteiger partial charge in [0.2, 0.25) is 0 Å². The van der Waals surface area contributed by atoms with Crippen LogP contribution in [0, 0.1) is 0 Å². The molecule has 0 bridgehead atoms. The molecule has 0 spiro atoms. The highest BCUT2D eigenvalue weighted by Gasteiger charge is 2.43. The number of nitrogens with zero attached hydrogens (tertiary/aromatic N) is 1. The summed E-state index contributed by atoms with van der Waals surface area (Å²) in [5.74, 6) is 0. The molecule has 66 valence electrons. The van der Waals surface area contributed by atoms with E-state index >= 15 is 0 Å². The van der Waals surface area contributed by atoms with Gasteiger partial charge in [0, 0.05) is 7.11 Å². The third-order valence-electron chi connectivity index (χ3n) is 2.58. The van der Waals surface area contributed by atoms with E-state index in [1.807, 2.05) is 0 Å². The van der Waals surface area contributed by atoms with Crippen molar-refractivity contribution in [3.05, 3.63) is 0 Å². The van der Waals surface area contributed by atoms with Crippen molar-refractivity contribution in [2.75, 3.05) is 26.4 Å². The summed E-state index contributed by atoms with van der Waals surface area (Å²) in [6.07, 6.45) is 1.44. The Balaban J connectivity index is 2.63. The third kappa shape index (κ3) is 1.49. The van der Waals surface area contributed by atoms with Crippen LogP contribution in [-0.4, -0.2) is 44.6 Å². The molecule has 0 saturated carbocycles. The van der Waals surface area contributed by atoms with Crippen molar-refractivity contribution in [1.29, 1.82) is 0 Å². The van der Waals surface area contributed by atoms with Crippen LogP contribution in [0.2, 0.25) is 6.04 Å². The second-order valence-corrected chi connectivity index (χ2v) is 6.74. The van der Waals surface area contributed by atoms with E-state index in [-0.39, 0.29) is 6.23 Å². The Bertz CT molecular complexity index is 128. The molecule has 1 atom stereocenters. The summed E-state index contributed by atoms with van der Waals surface area (Å²) in [4.78, 5) is 0. The molecule has 1 rings (SSSR count). The first-order chi connectivity index (χ1) is 5.29. The van der Waals surface area contributed by atoms with Gasteiger partial charge < -0.3 is 14.1 Å². The zero-order chi connectivity index (χ0) is 8.32. The van der Waals surface area contributed by atoms with Crippen LogP contribution in [0.4, 0.5) is 0 Å². The Morgan fingerprint density at radius 1 is 1.64 bits per heavy atom. The first-order valence-electron chi connectivity index (χ1n) is 4.20. The number of rotatable bonds is 3. The molecule has 3 nitrogen and oxygen atoms in total. The van der Waals surface area contributed by atoms with Crippen LogP contribution in [0.1, 0.15) is 13.3 Å². The smallest absolute Gasteiger partial charge is 0.297 e. The lowest BCUT2D eigenvalue weighted by atomic mass is 10.5. The van der Waals surface area contributed by atoms with Crippen LogP contribution in [0.15, 0.2) is 0 Å². The second kappa shape index (κ2) is 3.67. The average molecular weight is 175 g/mol. The summed E-state index contributed by atoms with van der Waals surface area (Å²) in [5, 5.41) is 9.21. The topological polar surface area (TPSA) is 32.7 Å². The third-order valence-corrected chi connectivity index (χ3v) is 6.66. The molecule has 0 amide bonds. The average Bonchev–Trinajstić information content (AvgIpc) is 2.47. The van der Waals surface area contributed by atoms with Crippen molar-refractivity contribution in [1.82, 2.24) is 4.57 Å². The monoisotopic (exact) mass is 175 g/mol. The fourth-order valence-corrected chi connectivity index (χ4v) is 4.95. The molecule has 0 aromatic carbocycles. The minimum absolute atomic E-state index is 0.247. The lowest BCUT2D eigenvalue weighted by molar-refractivity contribution is 0.253. The molecule has 11 heavy (non-hydrogen) atoms. The summed E-state index contributed by atoms with van der Waals surface area (Å²) in [7, 11) is -0.0882. The fourth-order valence-electron chi connectivity index (χ4n) is 1.83. The van der Waals surface area contributed by atoms with E-state index in [4.69, 9.17) is 4.43 Å². The predicted molar refractivity (Wildman–Crippen MR) is 46.5 cm³/mol. The van der Waals surface area contributed by atoms with Gasteiger partial charge >= 0.3 is 0 Å². The highest BCUT2D eigenvalue weighted by molar-refractivity contribution is 6.71. The predicted octanol–water partition coefficient (Wildman–Crippen LogP) is 0.332. The minimum atomic E-state index is -1.82. The van der Waals surface area contributed by atoms with E-state index in [1.54, 1.807) is 7.11 Å². The molecule has 1 saturated heterocycles. The van der Waals surface area contributed by atoms with Gasteiger partial charge in [-0.25, -0.2) is 0 Å². The standard InChI is InChI=1S/C7H17NO2Si/c1-3-8-5-4-6-11(8,7-9)10-2/h9H,3-7H2,1-2H3. The van der Waals surface area contributed by atoms with Crippen LogP contribution in [0.25, 0.3) is 0 Å². The molecule has 0 radical (unpaired) electrons. The first kappa shape index (κ1) is 9.19. The Morgan fingerprint density at radius 3 is 2.73 bits per heavy atom. The van der Waals surface area contributed by atoms with Gasteiger partial charge in [0.1, 0.15) is 0 Å². The second-order valence-electron chi connectivity index (χ2n) is 2.99. The Morgan fingerprint density at radius 2 is 2.36 bits per heavy atom. The van der Waals surface area contributed by atoms with E-state index in [1.165, 1.54) is 6.42 Å². The first-order valence-corrected chi connectivity index (χ1v) is 6.47. The molecule has 1 heterocycles. The van der Waals surface area contributed by atoms with E-state index in [0.717, 1.165) is 19.1 Å². The fraction of sp³-hybridized carbons (Fsp3) is 1.00. The maximum atomic E-state index is 9.21. The molecule has 1 aliphatic heterocycles. The maximum Gasteiger partial charge on any atom is 0.297 e. The normalized spacial score (nSPS) is 33.0. The number of hydrogen-bond donors (Lipinski definition) is 1. The molecule has 1 fully saturated rings. The van der Waals surface area contributed by atoms with Crippen molar-refractivity contribution >= 4 is 8.48 Å². The number of aliphatic hydroxyl groups excluding tert-OH is 1. The minimum Gasteiger partial charge on any atom is -0.405 e.